The third kappa shape index (κ3) is 6.89. The van der Waals surface area contributed by atoms with Crippen LogP contribution in [0.15, 0.2) is 48.8 Å². The molecule has 3 rings (SSSR count). The molecule has 3 aromatic rings. The molecule has 0 aliphatic carbocycles. The van der Waals surface area contributed by atoms with Crippen LogP contribution in [0.2, 0.25) is 0 Å². The summed E-state index contributed by atoms with van der Waals surface area (Å²) < 4.78 is 14.9. The quantitative estimate of drug-likeness (QED) is 0.383. The van der Waals surface area contributed by atoms with Crippen LogP contribution < -0.4 is 10.6 Å². The van der Waals surface area contributed by atoms with Gasteiger partial charge < -0.3 is 24.8 Å². The van der Waals surface area contributed by atoms with Crippen LogP contribution in [0.4, 0.5) is 16.3 Å². The number of methoxy groups -OCH3 is 2. The van der Waals surface area contributed by atoms with E-state index in [1.807, 2.05) is 0 Å². The molecule has 35 heavy (non-hydrogen) atoms. The Hall–Kier alpha value is -4.21. The fourth-order valence-electron chi connectivity index (χ4n) is 3.28. The van der Waals surface area contributed by atoms with Gasteiger partial charge in [0.15, 0.2) is 5.69 Å². The van der Waals surface area contributed by atoms with Gasteiger partial charge in [0.2, 0.25) is 0 Å². The number of fused-ring (bicyclic) bond motifs is 1. The van der Waals surface area contributed by atoms with Crippen molar-refractivity contribution < 1.29 is 28.6 Å². The highest BCUT2D eigenvalue weighted by Gasteiger charge is 2.25. The summed E-state index contributed by atoms with van der Waals surface area (Å²) >= 11 is 0. The van der Waals surface area contributed by atoms with Crippen molar-refractivity contribution in [2.75, 3.05) is 19.5 Å². The van der Waals surface area contributed by atoms with E-state index >= 15 is 0 Å². The van der Waals surface area contributed by atoms with Gasteiger partial charge in [-0.15, -0.1) is 0 Å². The number of carbonyl (C=O) groups excluding carboxylic acids is 3. The number of alkyl carbamates (subject to hydrolysis) is 1. The number of hydrogen-bond acceptors (Lipinski definition) is 9. The number of nitrogens with zero attached hydrogens (tertiary/aromatic N) is 2. The van der Waals surface area contributed by atoms with E-state index in [4.69, 9.17) is 14.2 Å². The van der Waals surface area contributed by atoms with Gasteiger partial charge in [0.1, 0.15) is 17.5 Å². The lowest BCUT2D eigenvalue weighted by Crippen LogP contribution is -2.45. The number of pyridine rings is 2. The number of hydrogen-bond donors (Lipinski definition) is 2. The molecule has 0 saturated carbocycles. The van der Waals surface area contributed by atoms with Crippen LogP contribution >= 0.6 is 0 Å². The number of benzene rings is 1. The minimum absolute atomic E-state index is 0.166. The summed E-state index contributed by atoms with van der Waals surface area (Å²) in [6, 6.07) is 9.71. The molecular formula is C25H28N4O6. The molecule has 10 heteroatoms. The minimum atomic E-state index is -0.915. The van der Waals surface area contributed by atoms with E-state index in [1.165, 1.54) is 14.2 Å². The predicted octanol–water partition coefficient (Wildman–Crippen LogP) is 3.77. The van der Waals surface area contributed by atoms with Gasteiger partial charge >= 0.3 is 18.0 Å². The van der Waals surface area contributed by atoms with E-state index in [9.17, 15) is 14.4 Å². The summed E-state index contributed by atoms with van der Waals surface area (Å²) in [4.78, 5) is 44.9. The van der Waals surface area contributed by atoms with Crippen LogP contribution in [-0.2, 0) is 25.4 Å². The molecule has 1 amide bonds. The third-order valence-corrected chi connectivity index (χ3v) is 4.86. The normalized spacial score (nSPS) is 11.9. The van der Waals surface area contributed by atoms with Crippen molar-refractivity contribution in [3.8, 4) is 0 Å². The van der Waals surface area contributed by atoms with E-state index in [-0.39, 0.29) is 12.1 Å². The Labute approximate surface area is 203 Å². The Morgan fingerprint density at radius 3 is 2.37 bits per heavy atom. The number of nitrogens with one attached hydrogen (secondary N) is 2. The van der Waals surface area contributed by atoms with Gasteiger partial charge in [0.05, 0.1) is 14.2 Å². The van der Waals surface area contributed by atoms with Crippen molar-refractivity contribution in [3.05, 3.63) is 60.0 Å². The molecular weight excluding hydrogens is 452 g/mol. The number of carbonyl (C=O) groups is 3. The summed E-state index contributed by atoms with van der Waals surface area (Å²) in [6.07, 6.45) is 2.78. The molecule has 0 fully saturated rings. The highest BCUT2D eigenvalue weighted by molar-refractivity contribution is 5.98. The van der Waals surface area contributed by atoms with Gasteiger partial charge in [-0.2, -0.15) is 0 Å². The van der Waals surface area contributed by atoms with Gasteiger partial charge in [0.25, 0.3) is 0 Å². The van der Waals surface area contributed by atoms with E-state index in [0.29, 0.717) is 11.5 Å². The molecule has 0 aliphatic rings. The fraction of sp³-hybridized carbons (Fsp3) is 0.320. The van der Waals surface area contributed by atoms with Crippen LogP contribution in [0.1, 0.15) is 36.8 Å². The number of ether oxygens (including phenoxy) is 3. The lowest BCUT2D eigenvalue weighted by atomic mass is 10.1. The van der Waals surface area contributed by atoms with E-state index < -0.39 is 29.7 Å². The Balaban J connectivity index is 1.78. The maximum Gasteiger partial charge on any atom is 0.408 e. The second-order valence-electron chi connectivity index (χ2n) is 8.69. The molecule has 10 nitrogen and oxygen atoms in total. The maximum atomic E-state index is 12.2. The first-order valence-electron chi connectivity index (χ1n) is 10.9. The van der Waals surface area contributed by atoms with Crippen LogP contribution in [0.3, 0.4) is 0 Å². The molecule has 1 aromatic carbocycles. The molecule has 0 aliphatic heterocycles. The Bertz CT molecular complexity index is 1220. The molecule has 184 valence electrons. The van der Waals surface area contributed by atoms with Crippen molar-refractivity contribution in [2.45, 2.75) is 38.8 Å². The SMILES string of the molecule is COC(=O)c1cc2ccncc2c(Nc2ccc(C[C@H](NC(=O)OC(C)(C)C)C(=O)OC)cc2)n1. The van der Waals surface area contributed by atoms with E-state index in [0.717, 1.165) is 16.3 Å². The summed E-state index contributed by atoms with van der Waals surface area (Å²) in [7, 11) is 2.56. The molecule has 0 unspecified atom stereocenters. The first kappa shape index (κ1) is 25.4. The fourth-order valence-corrected chi connectivity index (χ4v) is 3.28. The smallest absolute Gasteiger partial charge is 0.408 e. The number of esters is 2. The lowest BCUT2D eigenvalue weighted by molar-refractivity contribution is -0.143. The largest absolute Gasteiger partial charge is 0.467 e. The van der Waals surface area contributed by atoms with E-state index in [2.05, 4.69) is 20.6 Å². The summed E-state index contributed by atoms with van der Waals surface area (Å²) in [5, 5.41) is 7.27. The Kier molecular flexibility index (Phi) is 7.85. The number of anilines is 2. The monoisotopic (exact) mass is 480 g/mol. The number of rotatable bonds is 7. The highest BCUT2D eigenvalue weighted by Crippen LogP contribution is 2.25. The van der Waals surface area contributed by atoms with Crippen LogP contribution in [0.5, 0.6) is 0 Å². The van der Waals surface area contributed by atoms with Gasteiger partial charge in [-0.1, -0.05) is 12.1 Å². The Morgan fingerprint density at radius 1 is 1.03 bits per heavy atom. The molecule has 2 N–H and O–H groups in total. The van der Waals surface area contributed by atoms with Gasteiger partial charge in [0, 0.05) is 29.9 Å². The zero-order valence-corrected chi connectivity index (χ0v) is 20.2. The van der Waals surface area contributed by atoms with Crippen LogP contribution in [-0.4, -0.2) is 53.9 Å². The zero-order chi connectivity index (χ0) is 25.6. The Morgan fingerprint density at radius 2 is 1.74 bits per heavy atom. The van der Waals surface area contributed by atoms with Gasteiger partial charge in [-0.3, -0.25) is 4.98 Å². The topological polar surface area (TPSA) is 129 Å². The first-order valence-corrected chi connectivity index (χ1v) is 10.9. The van der Waals surface area contributed by atoms with Crippen molar-refractivity contribution in [2.24, 2.45) is 0 Å². The molecule has 0 spiro atoms. The average Bonchev–Trinajstić information content (AvgIpc) is 2.82. The predicted molar refractivity (Wildman–Crippen MR) is 129 cm³/mol. The second kappa shape index (κ2) is 10.8. The second-order valence-corrected chi connectivity index (χ2v) is 8.69. The third-order valence-electron chi connectivity index (χ3n) is 4.86. The lowest BCUT2D eigenvalue weighted by Gasteiger charge is -2.22. The first-order chi connectivity index (χ1) is 16.6. The average molecular weight is 481 g/mol. The maximum absolute atomic E-state index is 12.2. The van der Waals surface area contributed by atoms with Crippen LogP contribution in [0.25, 0.3) is 10.8 Å². The summed E-state index contributed by atoms with van der Waals surface area (Å²) in [5.41, 5.74) is 0.948. The molecule has 1 atom stereocenters. The minimum Gasteiger partial charge on any atom is -0.467 e. The highest BCUT2D eigenvalue weighted by atomic mass is 16.6. The molecule has 2 aromatic heterocycles. The molecule has 0 saturated heterocycles. The van der Waals surface area contributed by atoms with E-state index in [1.54, 1.807) is 69.6 Å². The molecule has 0 bridgehead atoms. The van der Waals surface area contributed by atoms with Crippen molar-refractivity contribution in [1.82, 2.24) is 15.3 Å². The van der Waals surface area contributed by atoms with Gasteiger partial charge in [-0.05, 0) is 56.0 Å². The standard InChI is InChI=1S/C25H28N4O6/c1-25(2,3)35-24(32)29-19(22(30)33-4)12-15-6-8-17(9-7-15)27-21-18-14-26-11-10-16(18)13-20(28-21)23(31)34-5/h6-11,13-14,19H,12H2,1-5H3,(H,27,28)(H,29,32)/t19-/m0/s1. The number of amides is 1. The summed E-state index contributed by atoms with van der Waals surface area (Å²) in [6.45, 7) is 5.21. The van der Waals surface area contributed by atoms with Crippen molar-refractivity contribution in [3.63, 3.8) is 0 Å². The summed E-state index contributed by atoms with van der Waals surface area (Å²) in [5.74, 6) is -0.683. The van der Waals surface area contributed by atoms with Crippen molar-refractivity contribution >= 4 is 40.3 Å². The molecule has 0 radical (unpaired) electrons. The van der Waals surface area contributed by atoms with Gasteiger partial charge in [-0.25, -0.2) is 19.4 Å². The number of aromatic nitrogens is 2. The zero-order valence-electron chi connectivity index (χ0n) is 20.2. The van der Waals surface area contributed by atoms with Crippen LogP contribution in [0, 0.1) is 0 Å². The van der Waals surface area contributed by atoms with Crippen molar-refractivity contribution in [1.29, 1.82) is 0 Å². The molecule has 2 heterocycles.